The predicted molar refractivity (Wildman–Crippen MR) is 53.0 cm³/mol. The molecular formula is C12H13OZr-. The average molecular weight is 264 g/mol. The molecule has 0 bridgehead atoms. The number of hydrogen-bond acceptors (Lipinski definition) is 1. The van der Waals surface area contributed by atoms with Gasteiger partial charge in [-0.1, -0.05) is 31.4 Å². The van der Waals surface area contributed by atoms with Gasteiger partial charge in [-0.2, -0.15) is 17.2 Å². The summed E-state index contributed by atoms with van der Waals surface area (Å²) in [6, 6.07) is 0. The van der Waals surface area contributed by atoms with Gasteiger partial charge in [0.05, 0.1) is 0 Å². The fourth-order valence-electron chi connectivity index (χ4n) is 1.79. The van der Waals surface area contributed by atoms with Crippen LogP contribution in [-0.4, -0.2) is 11.7 Å². The van der Waals surface area contributed by atoms with Crippen LogP contribution in [-0.2, 0) is 26.2 Å². The third-order valence-corrected chi connectivity index (χ3v) is 2.42. The maximum absolute atomic E-state index is 8.87. The fourth-order valence-corrected chi connectivity index (χ4v) is 1.79. The third-order valence-electron chi connectivity index (χ3n) is 2.42. The minimum absolute atomic E-state index is 0. The maximum Gasteiger partial charge on any atom is 0.0366 e. The van der Waals surface area contributed by atoms with Gasteiger partial charge >= 0.3 is 0 Å². The molecule has 0 aromatic rings. The van der Waals surface area contributed by atoms with Crippen LogP contribution in [0, 0.1) is 6.08 Å². The number of hydrogen-bond donors (Lipinski definition) is 1. The second-order valence-electron chi connectivity index (χ2n) is 3.28. The van der Waals surface area contributed by atoms with E-state index in [2.05, 4.69) is 30.4 Å². The average Bonchev–Trinajstić information content (AvgIpc) is 2.71. The Morgan fingerprint density at radius 1 is 1.43 bits per heavy atom. The molecule has 2 rings (SSSR count). The Morgan fingerprint density at radius 3 is 2.93 bits per heavy atom. The smallest absolute Gasteiger partial charge is 0.0366 e. The van der Waals surface area contributed by atoms with Gasteiger partial charge in [-0.3, -0.25) is 0 Å². The van der Waals surface area contributed by atoms with Gasteiger partial charge in [0.15, 0.2) is 0 Å². The minimum atomic E-state index is 0. The van der Waals surface area contributed by atoms with Crippen LogP contribution in [0.4, 0.5) is 0 Å². The molecule has 0 atom stereocenters. The first-order valence-corrected chi connectivity index (χ1v) is 4.69. The SMILES string of the molecule is OCCC1=CC[C-]=C1C1=CC=CC1.[Zr]. The van der Waals surface area contributed by atoms with E-state index in [4.69, 9.17) is 5.11 Å². The predicted octanol–water partition coefficient (Wildman–Crippen LogP) is 2.31. The standard InChI is InChI=1S/C12H13O.Zr/c13-9-8-11-6-3-7-12(11)10-4-1-2-5-10;/h1-2,4,6,13H,3,5,8-9H2;/q-1;. The first-order chi connectivity index (χ1) is 6.42. The maximum atomic E-state index is 8.87. The van der Waals surface area contributed by atoms with Crippen molar-refractivity contribution >= 4 is 0 Å². The van der Waals surface area contributed by atoms with Crippen LogP contribution in [0.2, 0.25) is 0 Å². The van der Waals surface area contributed by atoms with Crippen molar-refractivity contribution in [1.82, 2.24) is 0 Å². The topological polar surface area (TPSA) is 20.2 Å². The first kappa shape index (κ1) is 11.9. The van der Waals surface area contributed by atoms with E-state index < -0.39 is 0 Å². The van der Waals surface area contributed by atoms with Crippen molar-refractivity contribution in [2.24, 2.45) is 0 Å². The molecule has 2 heteroatoms. The second kappa shape index (κ2) is 5.63. The quantitative estimate of drug-likeness (QED) is 0.776. The molecular weight excluding hydrogens is 251 g/mol. The molecule has 2 aliphatic carbocycles. The Morgan fingerprint density at radius 2 is 2.29 bits per heavy atom. The summed E-state index contributed by atoms with van der Waals surface area (Å²) < 4.78 is 0. The van der Waals surface area contributed by atoms with E-state index in [9.17, 15) is 0 Å². The zero-order valence-electron chi connectivity index (χ0n) is 8.09. The largest absolute Gasteiger partial charge is 0.397 e. The Bertz CT molecular complexity index is 321. The summed E-state index contributed by atoms with van der Waals surface area (Å²) in [5.41, 5.74) is 3.84. The molecule has 0 amide bonds. The first-order valence-electron chi connectivity index (χ1n) is 4.69. The molecule has 0 radical (unpaired) electrons. The normalized spacial score (nSPS) is 18.8. The van der Waals surface area contributed by atoms with Gasteiger partial charge in [-0.25, -0.2) is 0 Å². The van der Waals surface area contributed by atoms with E-state index in [0.29, 0.717) is 0 Å². The van der Waals surface area contributed by atoms with Crippen molar-refractivity contribution < 1.29 is 31.3 Å². The summed E-state index contributed by atoms with van der Waals surface area (Å²) in [4.78, 5) is 0. The van der Waals surface area contributed by atoms with Gasteiger partial charge in [0.2, 0.25) is 0 Å². The van der Waals surface area contributed by atoms with Gasteiger partial charge in [0.25, 0.3) is 0 Å². The molecule has 2 aliphatic rings. The zero-order valence-corrected chi connectivity index (χ0v) is 10.5. The van der Waals surface area contributed by atoms with Crippen LogP contribution in [0.3, 0.4) is 0 Å². The van der Waals surface area contributed by atoms with Crippen LogP contribution >= 0.6 is 0 Å². The Hall–Kier alpha value is -0.197. The Labute approximate surface area is 104 Å². The summed E-state index contributed by atoms with van der Waals surface area (Å²) >= 11 is 0. The van der Waals surface area contributed by atoms with E-state index in [1.165, 1.54) is 16.7 Å². The number of aliphatic hydroxyl groups excluding tert-OH is 1. The molecule has 0 heterocycles. The van der Waals surface area contributed by atoms with E-state index in [-0.39, 0.29) is 32.8 Å². The summed E-state index contributed by atoms with van der Waals surface area (Å²) in [5.74, 6) is 0. The molecule has 0 saturated heterocycles. The van der Waals surface area contributed by atoms with E-state index in [1.807, 2.05) is 0 Å². The van der Waals surface area contributed by atoms with Crippen LogP contribution in [0.15, 0.2) is 41.0 Å². The molecule has 0 saturated carbocycles. The fraction of sp³-hybridized carbons (Fsp3) is 0.333. The van der Waals surface area contributed by atoms with E-state index in [0.717, 1.165) is 19.3 Å². The molecule has 72 valence electrons. The Kier molecular flexibility index (Phi) is 4.77. The summed E-state index contributed by atoms with van der Waals surface area (Å²) in [5, 5.41) is 8.87. The number of rotatable bonds is 3. The van der Waals surface area contributed by atoms with Crippen LogP contribution < -0.4 is 0 Å². The molecule has 0 spiro atoms. The van der Waals surface area contributed by atoms with Crippen molar-refractivity contribution in [2.75, 3.05) is 6.61 Å². The van der Waals surface area contributed by atoms with Gasteiger partial charge in [-0.05, 0) is 0 Å². The van der Waals surface area contributed by atoms with E-state index in [1.54, 1.807) is 0 Å². The molecule has 0 aromatic carbocycles. The van der Waals surface area contributed by atoms with Crippen LogP contribution in [0.1, 0.15) is 19.3 Å². The Balaban J connectivity index is 0.000000980. The monoisotopic (exact) mass is 263 g/mol. The summed E-state index contributed by atoms with van der Waals surface area (Å²) in [6.07, 6.45) is 14.6. The third kappa shape index (κ3) is 2.43. The molecule has 0 aliphatic heterocycles. The van der Waals surface area contributed by atoms with Crippen molar-refractivity contribution in [1.29, 1.82) is 0 Å². The molecule has 0 unspecified atom stereocenters. The number of allylic oxidation sites excluding steroid dienone is 7. The minimum Gasteiger partial charge on any atom is -0.397 e. The van der Waals surface area contributed by atoms with Gasteiger partial charge in [0, 0.05) is 32.8 Å². The molecule has 1 N–H and O–H groups in total. The summed E-state index contributed by atoms with van der Waals surface area (Å²) in [6.45, 7) is 0.234. The van der Waals surface area contributed by atoms with Crippen LogP contribution in [0.5, 0.6) is 0 Å². The van der Waals surface area contributed by atoms with Crippen molar-refractivity contribution in [3.63, 3.8) is 0 Å². The van der Waals surface area contributed by atoms with Gasteiger partial charge in [-0.15, -0.1) is 17.7 Å². The number of aliphatic hydroxyl groups is 1. The molecule has 1 nitrogen and oxygen atoms in total. The van der Waals surface area contributed by atoms with Crippen molar-refractivity contribution in [2.45, 2.75) is 19.3 Å². The van der Waals surface area contributed by atoms with E-state index >= 15 is 0 Å². The van der Waals surface area contributed by atoms with Crippen molar-refractivity contribution in [3.05, 3.63) is 47.1 Å². The van der Waals surface area contributed by atoms with Gasteiger partial charge in [0.1, 0.15) is 0 Å². The summed E-state index contributed by atoms with van der Waals surface area (Å²) in [7, 11) is 0. The molecule has 14 heavy (non-hydrogen) atoms. The zero-order chi connectivity index (χ0) is 9.10. The van der Waals surface area contributed by atoms with Crippen LogP contribution in [0.25, 0.3) is 0 Å². The molecule has 0 aromatic heterocycles. The second-order valence-corrected chi connectivity index (χ2v) is 3.28. The van der Waals surface area contributed by atoms with Crippen molar-refractivity contribution in [3.8, 4) is 0 Å². The van der Waals surface area contributed by atoms with Gasteiger partial charge < -0.3 is 5.11 Å². The molecule has 0 fully saturated rings.